The van der Waals surface area contributed by atoms with Gasteiger partial charge in [0, 0.05) is 38.4 Å². The second-order valence-electron chi connectivity index (χ2n) is 16.9. The summed E-state index contributed by atoms with van der Waals surface area (Å²) in [6.45, 7) is 11.0. The number of cyclic esters (lactones) is 1. The molecule has 4 rings (SSSR count). The first-order valence-electron chi connectivity index (χ1n) is 21.5. The van der Waals surface area contributed by atoms with Crippen LogP contribution in [-0.4, -0.2) is 173 Å². The number of rotatable bonds is 15. The maximum Gasteiger partial charge on any atom is 0.308 e. The predicted octanol–water partition coefficient (Wildman–Crippen LogP) is 1.68. The van der Waals surface area contributed by atoms with E-state index < -0.39 is 116 Å². The van der Waals surface area contributed by atoms with Crippen molar-refractivity contribution in [1.29, 1.82) is 0 Å². The van der Waals surface area contributed by atoms with Crippen molar-refractivity contribution in [3.8, 4) is 0 Å². The van der Waals surface area contributed by atoms with Gasteiger partial charge in [0.15, 0.2) is 18.4 Å². The van der Waals surface area contributed by atoms with Crippen LogP contribution in [0.3, 0.4) is 0 Å². The summed E-state index contributed by atoms with van der Waals surface area (Å²) in [7, 11) is 4.72. The summed E-state index contributed by atoms with van der Waals surface area (Å²) >= 11 is 0. The topological polar surface area (TPSA) is 242 Å². The van der Waals surface area contributed by atoms with Crippen LogP contribution in [0.5, 0.6) is 0 Å². The molecule has 3 aliphatic rings. The lowest BCUT2D eigenvalue weighted by Gasteiger charge is -2.47. The Hall–Kier alpha value is -3.01. The van der Waals surface area contributed by atoms with E-state index in [1.807, 2.05) is 24.8 Å². The van der Waals surface area contributed by atoms with Gasteiger partial charge in [-0.15, -0.1) is 0 Å². The van der Waals surface area contributed by atoms with E-state index in [1.165, 1.54) is 20.3 Å². The fourth-order valence-corrected chi connectivity index (χ4v) is 8.67. The molecule has 2 saturated heterocycles. The SMILES string of the molecule is CC[C@H]1OC(=O)C[C@@H](O)[C@H](C)[C@@H](OC2OC(C)C(O)C(N(C)CCCc3cn[nH]n3)C2O)[C@@H](CC=O)C[C@@H](C)C(=O)/C=C/C(C)=C/[C@@H]1COC1OC(C)C(O)C(OC)C1OC. The first-order valence-corrected chi connectivity index (χ1v) is 21.5. The maximum atomic E-state index is 13.7. The normalized spacial score (nSPS) is 40.0. The summed E-state index contributed by atoms with van der Waals surface area (Å²) in [6, 6.07) is -0.803. The van der Waals surface area contributed by atoms with Gasteiger partial charge in [0.25, 0.3) is 0 Å². The number of aliphatic hydroxyl groups excluding tert-OH is 4. The van der Waals surface area contributed by atoms with Crippen LogP contribution in [0, 0.1) is 23.7 Å². The van der Waals surface area contributed by atoms with Crippen molar-refractivity contribution in [3.05, 3.63) is 35.7 Å². The van der Waals surface area contributed by atoms with Gasteiger partial charge in [-0.05, 0) is 72.0 Å². The number of aromatic amines is 1. The summed E-state index contributed by atoms with van der Waals surface area (Å²) in [5, 5.41) is 55.9. The number of ether oxygens (including phenoxy) is 7. The first kappa shape index (κ1) is 50.6. The molecule has 18 nitrogen and oxygen atoms in total. The average molecular weight is 867 g/mol. The Kier molecular flexibility index (Phi) is 20.1. The van der Waals surface area contributed by atoms with Crippen molar-refractivity contribution in [2.24, 2.45) is 23.7 Å². The lowest BCUT2D eigenvalue weighted by atomic mass is 9.79. The summed E-state index contributed by atoms with van der Waals surface area (Å²) in [5.74, 6) is -3.49. The Morgan fingerprint density at radius 2 is 1.64 bits per heavy atom. The minimum atomic E-state index is -1.36. The third-order valence-corrected chi connectivity index (χ3v) is 12.4. The second-order valence-corrected chi connectivity index (χ2v) is 16.9. The molecule has 0 aromatic carbocycles. The minimum Gasteiger partial charge on any atom is -0.462 e. The van der Waals surface area contributed by atoms with Crippen molar-refractivity contribution in [2.75, 3.05) is 34.4 Å². The van der Waals surface area contributed by atoms with Crippen LogP contribution >= 0.6 is 0 Å². The fraction of sp³-hybridized carbons (Fsp3) is 0.791. The lowest BCUT2D eigenvalue weighted by molar-refractivity contribution is -0.305. The molecule has 3 aliphatic heterocycles. The molecule has 0 bridgehead atoms. The second kappa shape index (κ2) is 24.2. The number of aliphatic hydroxyl groups is 4. The quantitative estimate of drug-likeness (QED) is 0.124. The van der Waals surface area contributed by atoms with Crippen molar-refractivity contribution in [2.45, 2.75) is 160 Å². The average Bonchev–Trinajstić information content (AvgIpc) is 3.75. The highest BCUT2D eigenvalue weighted by Gasteiger charge is 2.48. The van der Waals surface area contributed by atoms with Crippen LogP contribution in [0.4, 0.5) is 0 Å². The standard InChI is InChI=1S/C43H70N4O14/c1-10-33-29(22-57-43-41(56-9)40(55-8)37(53)27(6)59-43)18-23(2)13-14-31(49)24(3)19-28(15-17-48)39(25(4)32(50)20-34(51)60-33)61-42-38(54)35(36(52)26(5)58-42)47(7)16-11-12-30-21-44-46-45-30/h13-14,17-18,21,24-29,32-33,35-43,50,52-54H,10-12,15-16,19-20,22H2,1-9H3,(H,44,45,46)/b14-13+,23-18+/t24-,25+,26?,27?,28+,29-,32-,33-,35?,36?,37?,38?,39-,40?,41?,42?,43?/m1/s1. The van der Waals surface area contributed by atoms with Gasteiger partial charge >= 0.3 is 5.97 Å². The van der Waals surface area contributed by atoms with Gasteiger partial charge < -0.3 is 58.4 Å². The van der Waals surface area contributed by atoms with Gasteiger partial charge in [0.05, 0.1) is 61.5 Å². The summed E-state index contributed by atoms with van der Waals surface area (Å²) in [5.41, 5.74) is 1.48. The number of nitrogens with one attached hydrogen (secondary N) is 1. The maximum absolute atomic E-state index is 13.7. The zero-order chi connectivity index (χ0) is 45.0. The van der Waals surface area contributed by atoms with E-state index in [0.717, 1.165) is 12.0 Å². The molecule has 5 N–H and O–H groups in total. The molecule has 1 aromatic heterocycles. The number of H-pyrrole nitrogens is 1. The van der Waals surface area contributed by atoms with E-state index in [0.29, 0.717) is 31.4 Å². The fourth-order valence-electron chi connectivity index (χ4n) is 8.67. The third kappa shape index (κ3) is 13.5. The molecule has 2 fully saturated rings. The van der Waals surface area contributed by atoms with Crippen molar-refractivity contribution in [1.82, 2.24) is 20.3 Å². The molecule has 17 atom stereocenters. The zero-order valence-electron chi connectivity index (χ0n) is 37.1. The molecule has 10 unspecified atom stereocenters. The number of likely N-dealkylation sites (N-methyl/N-ethyl adjacent to an activating group) is 1. The molecule has 4 heterocycles. The molecule has 0 spiro atoms. The molecule has 61 heavy (non-hydrogen) atoms. The smallest absolute Gasteiger partial charge is 0.308 e. The Morgan fingerprint density at radius 3 is 2.28 bits per heavy atom. The van der Waals surface area contributed by atoms with Crippen LogP contribution in [0.2, 0.25) is 0 Å². The molecule has 0 amide bonds. The van der Waals surface area contributed by atoms with E-state index in [9.17, 15) is 34.8 Å². The Labute approximate surface area is 359 Å². The molecule has 0 aliphatic carbocycles. The highest BCUT2D eigenvalue weighted by molar-refractivity contribution is 5.91. The third-order valence-electron chi connectivity index (χ3n) is 12.4. The highest BCUT2D eigenvalue weighted by Crippen LogP contribution is 2.35. The summed E-state index contributed by atoms with van der Waals surface area (Å²) in [4.78, 5) is 41.4. The minimum absolute atomic E-state index is 0.00194. The summed E-state index contributed by atoms with van der Waals surface area (Å²) < 4.78 is 42.1. The van der Waals surface area contributed by atoms with Crippen molar-refractivity contribution < 1.29 is 68.0 Å². The van der Waals surface area contributed by atoms with Crippen LogP contribution < -0.4 is 0 Å². The van der Waals surface area contributed by atoms with Gasteiger partial charge in [-0.25, -0.2) is 0 Å². The number of allylic oxidation sites excluding steroid dienone is 3. The van der Waals surface area contributed by atoms with Crippen LogP contribution in [-0.2, 0) is 54.0 Å². The van der Waals surface area contributed by atoms with Crippen molar-refractivity contribution in [3.63, 3.8) is 0 Å². The number of nitrogens with zero attached hydrogens (tertiary/aromatic N) is 3. The lowest BCUT2D eigenvalue weighted by Crippen LogP contribution is -2.64. The number of esters is 1. The zero-order valence-corrected chi connectivity index (χ0v) is 37.1. The summed E-state index contributed by atoms with van der Waals surface area (Å²) in [6.07, 6.45) is -2.85. The highest BCUT2D eigenvalue weighted by atomic mass is 16.7. The van der Waals surface area contributed by atoms with Gasteiger partial charge in [0.2, 0.25) is 0 Å². The molecule has 0 radical (unpaired) electrons. The number of carbonyl (C=O) groups is 3. The largest absolute Gasteiger partial charge is 0.462 e. The van der Waals surface area contributed by atoms with Gasteiger partial charge in [-0.2, -0.15) is 15.4 Å². The van der Waals surface area contributed by atoms with Crippen LogP contribution in [0.25, 0.3) is 0 Å². The number of aldehydes is 1. The Morgan fingerprint density at radius 1 is 0.951 bits per heavy atom. The molecule has 346 valence electrons. The van der Waals surface area contributed by atoms with Crippen LogP contribution in [0.15, 0.2) is 30.0 Å². The van der Waals surface area contributed by atoms with E-state index in [4.69, 9.17) is 33.2 Å². The van der Waals surface area contributed by atoms with E-state index in [1.54, 1.807) is 47.0 Å². The number of carbonyl (C=O) groups excluding carboxylic acids is 3. The monoisotopic (exact) mass is 866 g/mol. The molecule has 0 saturated carbocycles. The van der Waals surface area contributed by atoms with Gasteiger partial charge in [-0.1, -0.05) is 38.5 Å². The number of hydrogen-bond acceptors (Lipinski definition) is 17. The number of methoxy groups -OCH3 is 2. The Balaban J connectivity index is 1.60. The van der Waals surface area contributed by atoms with Crippen LogP contribution in [0.1, 0.15) is 79.3 Å². The number of aromatic nitrogens is 3. The molecule has 18 heteroatoms. The first-order chi connectivity index (χ1) is 29.0. The molecular formula is C43H70N4O14. The van der Waals surface area contributed by atoms with Gasteiger partial charge in [-0.3, -0.25) is 14.5 Å². The van der Waals surface area contributed by atoms with E-state index >= 15 is 0 Å². The number of ketones is 1. The van der Waals surface area contributed by atoms with Gasteiger partial charge in [0.1, 0.15) is 36.8 Å². The number of hydrogen-bond donors (Lipinski definition) is 5. The van der Waals surface area contributed by atoms with E-state index in [-0.39, 0.29) is 25.2 Å². The molecular weight excluding hydrogens is 796 g/mol. The van der Waals surface area contributed by atoms with Crippen molar-refractivity contribution >= 4 is 18.0 Å². The predicted molar refractivity (Wildman–Crippen MR) is 220 cm³/mol. The number of aryl methyl sites for hydroxylation is 1. The Bertz CT molecular complexity index is 1560. The molecule has 1 aromatic rings. The van der Waals surface area contributed by atoms with E-state index in [2.05, 4.69) is 15.4 Å².